The minimum Gasteiger partial charge on any atom is -0.497 e. The van der Waals surface area contributed by atoms with Crippen molar-refractivity contribution < 1.29 is 22.3 Å². The van der Waals surface area contributed by atoms with Crippen molar-refractivity contribution in [2.45, 2.75) is 17.7 Å². The molecular formula is C21H26FN3O4S. The first kappa shape index (κ1) is 20.9. The summed E-state index contributed by atoms with van der Waals surface area (Å²) in [7, 11) is -0.754. The molecule has 0 aliphatic carbocycles. The lowest BCUT2D eigenvalue weighted by Gasteiger charge is -2.23. The molecule has 2 aliphatic rings. The lowest BCUT2D eigenvalue weighted by molar-refractivity contribution is 0.387. The summed E-state index contributed by atoms with van der Waals surface area (Å²) in [6.45, 7) is 2.22. The molecule has 3 heterocycles. The molecule has 30 heavy (non-hydrogen) atoms. The molecule has 0 saturated carbocycles. The van der Waals surface area contributed by atoms with Crippen LogP contribution in [-0.4, -0.2) is 58.1 Å². The lowest BCUT2D eigenvalue weighted by atomic mass is 9.92. The summed E-state index contributed by atoms with van der Waals surface area (Å²) in [6, 6.07) is 7.80. The Morgan fingerprint density at radius 2 is 1.77 bits per heavy atom. The Hall–Kier alpha value is -2.39. The van der Waals surface area contributed by atoms with E-state index in [-0.39, 0.29) is 22.5 Å². The topological polar surface area (TPSA) is 72.0 Å². The molecule has 0 radical (unpaired) electrons. The van der Waals surface area contributed by atoms with Crippen LogP contribution in [-0.2, 0) is 10.0 Å². The van der Waals surface area contributed by atoms with Crippen LogP contribution in [0.5, 0.6) is 11.5 Å². The molecular weight excluding hydrogens is 409 g/mol. The molecule has 0 bridgehead atoms. The van der Waals surface area contributed by atoms with Crippen molar-refractivity contribution in [1.29, 1.82) is 0 Å². The number of halogens is 1. The molecule has 162 valence electrons. The van der Waals surface area contributed by atoms with Gasteiger partial charge in [-0.3, -0.25) is 0 Å². The number of anilines is 1. The number of sulfonamides is 1. The van der Waals surface area contributed by atoms with Gasteiger partial charge in [0.1, 0.15) is 16.4 Å². The Balaban J connectivity index is 1.51. The van der Waals surface area contributed by atoms with Gasteiger partial charge < -0.3 is 14.4 Å². The zero-order valence-corrected chi connectivity index (χ0v) is 17.9. The largest absolute Gasteiger partial charge is 0.497 e. The summed E-state index contributed by atoms with van der Waals surface area (Å²) in [6.07, 6.45) is 3.18. The fourth-order valence-corrected chi connectivity index (χ4v) is 6.17. The monoisotopic (exact) mass is 435 g/mol. The zero-order chi connectivity index (χ0) is 21.3. The van der Waals surface area contributed by atoms with Gasteiger partial charge in [-0.2, -0.15) is 4.31 Å². The van der Waals surface area contributed by atoms with E-state index >= 15 is 0 Å². The van der Waals surface area contributed by atoms with Gasteiger partial charge in [0.15, 0.2) is 11.6 Å². The molecule has 9 heteroatoms. The third kappa shape index (κ3) is 3.83. The fraction of sp³-hybridized carbons (Fsp3) is 0.476. The van der Waals surface area contributed by atoms with E-state index in [1.54, 1.807) is 28.7 Å². The van der Waals surface area contributed by atoms with Crippen LogP contribution < -0.4 is 14.4 Å². The molecule has 2 aliphatic heterocycles. The van der Waals surface area contributed by atoms with E-state index in [0.29, 0.717) is 43.5 Å². The molecule has 2 atom stereocenters. The Morgan fingerprint density at radius 3 is 2.37 bits per heavy atom. The van der Waals surface area contributed by atoms with Crippen LogP contribution in [0, 0.1) is 17.7 Å². The molecule has 1 aromatic heterocycles. The van der Waals surface area contributed by atoms with Gasteiger partial charge >= 0.3 is 0 Å². The van der Waals surface area contributed by atoms with E-state index in [2.05, 4.69) is 4.98 Å². The molecule has 2 fully saturated rings. The van der Waals surface area contributed by atoms with Crippen molar-refractivity contribution in [3.63, 3.8) is 0 Å². The SMILES string of the molecule is COc1ccc(OC)c(S(=O)(=O)N2C[C@H]3CCN(c4ncccc4F)CC[C@H]3C2)c1. The predicted octanol–water partition coefficient (Wildman–Crippen LogP) is 2.78. The minimum absolute atomic E-state index is 0.123. The summed E-state index contributed by atoms with van der Waals surface area (Å²) >= 11 is 0. The number of methoxy groups -OCH3 is 2. The van der Waals surface area contributed by atoms with Crippen LogP contribution in [0.1, 0.15) is 12.8 Å². The summed E-state index contributed by atoms with van der Waals surface area (Å²) < 4.78 is 52.9. The Bertz CT molecular complexity index is 1000. The van der Waals surface area contributed by atoms with E-state index in [9.17, 15) is 12.8 Å². The lowest BCUT2D eigenvalue weighted by Crippen LogP contribution is -2.32. The maximum Gasteiger partial charge on any atom is 0.246 e. The molecule has 1 aromatic carbocycles. The highest BCUT2D eigenvalue weighted by Crippen LogP contribution is 2.38. The second-order valence-electron chi connectivity index (χ2n) is 7.73. The normalized spacial score (nSPS) is 22.4. The molecule has 4 rings (SSSR count). The number of rotatable bonds is 5. The molecule has 2 saturated heterocycles. The fourth-order valence-electron chi connectivity index (χ4n) is 4.45. The predicted molar refractivity (Wildman–Crippen MR) is 111 cm³/mol. The van der Waals surface area contributed by atoms with Crippen LogP contribution in [0.2, 0.25) is 0 Å². The van der Waals surface area contributed by atoms with Gasteiger partial charge in [-0.05, 0) is 48.9 Å². The number of benzene rings is 1. The summed E-state index contributed by atoms with van der Waals surface area (Å²) in [4.78, 5) is 6.28. The molecule has 0 spiro atoms. The average Bonchev–Trinajstić information content (AvgIpc) is 3.08. The van der Waals surface area contributed by atoms with E-state index in [0.717, 1.165) is 12.8 Å². The first-order chi connectivity index (χ1) is 14.4. The third-order valence-corrected chi connectivity index (χ3v) is 7.96. The average molecular weight is 436 g/mol. The van der Waals surface area contributed by atoms with Crippen molar-refractivity contribution in [2.75, 3.05) is 45.3 Å². The Kier molecular flexibility index (Phi) is 5.84. The van der Waals surface area contributed by atoms with Crippen LogP contribution in [0.15, 0.2) is 41.4 Å². The van der Waals surface area contributed by atoms with Crippen molar-refractivity contribution in [3.05, 3.63) is 42.3 Å². The maximum absolute atomic E-state index is 14.1. The standard InChI is InChI=1S/C21H26FN3O4S/c1-28-17-5-6-19(29-2)20(12-17)30(26,27)25-13-15-7-10-24(11-8-16(15)14-25)21-18(22)4-3-9-23-21/h3-6,9,12,15-16H,7-8,10-11,13-14H2,1-2H3/t15-,16+. The van der Waals surface area contributed by atoms with Gasteiger partial charge in [-0.1, -0.05) is 0 Å². The highest BCUT2D eigenvalue weighted by molar-refractivity contribution is 7.89. The molecule has 0 N–H and O–H groups in total. The zero-order valence-electron chi connectivity index (χ0n) is 17.1. The smallest absolute Gasteiger partial charge is 0.246 e. The number of hydrogen-bond acceptors (Lipinski definition) is 6. The number of ether oxygens (including phenoxy) is 2. The Labute approximate surface area is 176 Å². The maximum atomic E-state index is 14.1. The minimum atomic E-state index is -3.71. The second-order valence-corrected chi connectivity index (χ2v) is 9.64. The second kappa shape index (κ2) is 8.39. The number of hydrogen-bond donors (Lipinski definition) is 0. The van der Waals surface area contributed by atoms with Crippen LogP contribution in [0.25, 0.3) is 0 Å². The molecule has 7 nitrogen and oxygen atoms in total. The van der Waals surface area contributed by atoms with Crippen molar-refractivity contribution in [1.82, 2.24) is 9.29 Å². The third-order valence-electron chi connectivity index (χ3n) is 6.11. The van der Waals surface area contributed by atoms with Gasteiger partial charge in [0, 0.05) is 38.4 Å². The highest BCUT2D eigenvalue weighted by Gasteiger charge is 2.41. The van der Waals surface area contributed by atoms with Gasteiger partial charge in [0.05, 0.1) is 14.2 Å². The molecule has 0 amide bonds. The van der Waals surface area contributed by atoms with E-state index in [4.69, 9.17) is 9.47 Å². The summed E-state index contributed by atoms with van der Waals surface area (Å²) in [5.41, 5.74) is 0. The summed E-state index contributed by atoms with van der Waals surface area (Å²) in [5, 5.41) is 0. The van der Waals surface area contributed by atoms with Crippen molar-refractivity contribution in [2.24, 2.45) is 11.8 Å². The van der Waals surface area contributed by atoms with Gasteiger partial charge in [-0.15, -0.1) is 0 Å². The molecule has 2 aromatic rings. The van der Waals surface area contributed by atoms with Crippen LogP contribution in [0.3, 0.4) is 0 Å². The van der Waals surface area contributed by atoms with Gasteiger partial charge in [0.25, 0.3) is 0 Å². The van der Waals surface area contributed by atoms with Crippen LogP contribution >= 0.6 is 0 Å². The summed E-state index contributed by atoms with van der Waals surface area (Å²) in [5.74, 6) is 1.29. The first-order valence-corrected chi connectivity index (χ1v) is 11.5. The number of aromatic nitrogens is 1. The highest BCUT2D eigenvalue weighted by atomic mass is 32.2. The quantitative estimate of drug-likeness (QED) is 0.719. The van der Waals surface area contributed by atoms with Crippen molar-refractivity contribution >= 4 is 15.8 Å². The number of nitrogens with zero attached hydrogens (tertiary/aromatic N) is 3. The Morgan fingerprint density at radius 1 is 1.07 bits per heavy atom. The number of pyridine rings is 1. The van der Waals surface area contributed by atoms with Gasteiger partial charge in [0.2, 0.25) is 10.0 Å². The van der Waals surface area contributed by atoms with Crippen molar-refractivity contribution in [3.8, 4) is 11.5 Å². The van der Waals surface area contributed by atoms with Gasteiger partial charge in [-0.25, -0.2) is 17.8 Å². The first-order valence-electron chi connectivity index (χ1n) is 10.0. The van der Waals surface area contributed by atoms with E-state index < -0.39 is 10.0 Å². The number of fused-ring (bicyclic) bond motifs is 1. The van der Waals surface area contributed by atoms with E-state index in [1.165, 1.54) is 26.4 Å². The van der Waals surface area contributed by atoms with E-state index in [1.807, 2.05) is 4.90 Å². The van der Waals surface area contributed by atoms with Crippen LogP contribution in [0.4, 0.5) is 10.2 Å². The molecule has 0 unspecified atom stereocenters.